The number of nitro benzene ring substituents is 1. The molecule has 0 saturated carbocycles. The molecular weight excluding hydrogens is 478 g/mol. The number of anilines is 2. The van der Waals surface area contributed by atoms with E-state index in [9.17, 15) is 18.5 Å². The summed E-state index contributed by atoms with van der Waals surface area (Å²) in [7, 11) is -3.78. The van der Waals surface area contributed by atoms with Gasteiger partial charge in [0.15, 0.2) is 0 Å². The number of aryl methyl sites for hydroxylation is 1. The van der Waals surface area contributed by atoms with Crippen molar-refractivity contribution in [3.63, 3.8) is 0 Å². The minimum absolute atomic E-state index is 0.0851. The zero-order chi connectivity index (χ0) is 24.3. The summed E-state index contributed by atoms with van der Waals surface area (Å²) in [5.41, 5.74) is 1.99. The first-order chi connectivity index (χ1) is 16.2. The van der Waals surface area contributed by atoms with E-state index >= 15 is 0 Å². The minimum atomic E-state index is -3.78. The lowest BCUT2D eigenvalue weighted by Gasteiger charge is -2.35. The summed E-state index contributed by atoms with van der Waals surface area (Å²) in [5.74, 6) is 0.742. The Balaban J connectivity index is 1.36. The number of para-hydroxylation sites is 1. The van der Waals surface area contributed by atoms with Crippen LogP contribution in [0, 0.1) is 17.0 Å². The van der Waals surface area contributed by atoms with Gasteiger partial charge in [0, 0.05) is 49.4 Å². The molecule has 1 fully saturated rings. The first-order valence-corrected chi connectivity index (χ1v) is 12.5. The molecule has 0 radical (unpaired) electrons. The third kappa shape index (κ3) is 5.46. The lowest BCUT2D eigenvalue weighted by molar-refractivity contribution is -0.385. The highest BCUT2D eigenvalue weighted by Gasteiger charge is 2.22. The maximum atomic E-state index is 12.6. The molecule has 0 atom stereocenters. The van der Waals surface area contributed by atoms with E-state index in [0.717, 1.165) is 24.5 Å². The SMILES string of the molecule is Cc1ccc(S(=O)(=O)Nc2ccc(N3CCN(Cc4ccccc4[N+](=O)[O-])CC3)nc2)cc1Cl. The summed E-state index contributed by atoms with van der Waals surface area (Å²) in [4.78, 5) is 19.7. The monoisotopic (exact) mass is 501 g/mol. The van der Waals surface area contributed by atoms with Gasteiger partial charge in [-0.15, -0.1) is 0 Å². The number of nitrogens with one attached hydrogen (secondary N) is 1. The van der Waals surface area contributed by atoms with Gasteiger partial charge in [0.1, 0.15) is 5.82 Å². The van der Waals surface area contributed by atoms with Crippen LogP contribution in [0.15, 0.2) is 65.7 Å². The highest BCUT2D eigenvalue weighted by Crippen LogP contribution is 2.24. The molecule has 2 heterocycles. The lowest BCUT2D eigenvalue weighted by Crippen LogP contribution is -2.46. The third-order valence-electron chi connectivity index (χ3n) is 5.73. The number of hydrogen-bond acceptors (Lipinski definition) is 7. The lowest BCUT2D eigenvalue weighted by atomic mass is 10.1. The third-order valence-corrected chi connectivity index (χ3v) is 7.52. The molecule has 1 aliphatic rings. The van der Waals surface area contributed by atoms with E-state index < -0.39 is 10.0 Å². The van der Waals surface area contributed by atoms with Gasteiger partial charge >= 0.3 is 0 Å². The summed E-state index contributed by atoms with van der Waals surface area (Å²) in [6.45, 7) is 5.20. The van der Waals surface area contributed by atoms with Crippen molar-refractivity contribution in [2.45, 2.75) is 18.4 Å². The van der Waals surface area contributed by atoms with E-state index in [4.69, 9.17) is 11.6 Å². The van der Waals surface area contributed by atoms with Crippen molar-refractivity contribution < 1.29 is 13.3 Å². The smallest absolute Gasteiger partial charge is 0.273 e. The summed E-state index contributed by atoms with van der Waals surface area (Å²) in [5, 5.41) is 11.6. The Labute approximate surface area is 203 Å². The van der Waals surface area contributed by atoms with Crippen LogP contribution in [0.25, 0.3) is 0 Å². The molecule has 0 bridgehead atoms. The maximum absolute atomic E-state index is 12.6. The Hall–Kier alpha value is -3.21. The number of hydrogen-bond donors (Lipinski definition) is 1. The van der Waals surface area contributed by atoms with E-state index in [0.29, 0.717) is 35.9 Å². The average Bonchev–Trinajstić information content (AvgIpc) is 2.82. The van der Waals surface area contributed by atoms with Crippen LogP contribution in [0.4, 0.5) is 17.2 Å². The van der Waals surface area contributed by atoms with Gasteiger partial charge in [-0.2, -0.15) is 0 Å². The largest absolute Gasteiger partial charge is 0.354 e. The van der Waals surface area contributed by atoms with Crippen molar-refractivity contribution in [1.82, 2.24) is 9.88 Å². The molecule has 0 unspecified atom stereocenters. The second-order valence-electron chi connectivity index (χ2n) is 8.07. The molecule has 11 heteroatoms. The quantitative estimate of drug-likeness (QED) is 0.384. The van der Waals surface area contributed by atoms with Crippen LogP contribution in [0.1, 0.15) is 11.1 Å². The number of sulfonamides is 1. The highest BCUT2D eigenvalue weighted by molar-refractivity contribution is 7.92. The molecule has 2 aromatic carbocycles. The fraction of sp³-hybridized carbons (Fsp3) is 0.261. The number of halogens is 1. The molecular formula is C23H24ClN5O4S. The van der Waals surface area contributed by atoms with Gasteiger partial charge in [0.25, 0.3) is 15.7 Å². The number of pyridine rings is 1. The van der Waals surface area contributed by atoms with Crippen LogP contribution in [0.5, 0.6) is 0 Å². The van der Waals surface area contributed by atoms with Crippen molar-refractivity contribution in [3.8, 4) is 0 Å². The standard InChI is InChI=1S/C23H24ClN5O4S/c1-17-6-8-20(14-21(17)24)34(32,33)26-19-7-9-23(25-15-19)28-12-10-27(11-13-28)16-18-4-2-3-5-22(18)29(30)31/h2-9,14-15,26H,10-13,16H2,1H3. The van der Waals surface area contributed by atoms with Gasteiger partial charge in [-0.1, -0.05) is 35.9 Å². The van der Waals surface area contributed by atoms with E-state index in [-0.39, 0.29) is 15.5 Å². The summed E-state index contributed by atoms with van der Waals surface area (Å²) < 4.78 is 27.8. The predicted molar refractivity (Wildman–Crippen MR) is 132 cm³/mol. The highest BCUT2D eigenvalue weighted by atomic mass is 35.5. The summed E-state index contributed by atoms with van der Waals surface area (Å²) in [6.07, 6.45) is 1.49. The van der Waals surface area contributed by atoms with E-state index in [1.165, 1.54) is 24.4 Å². The molecule has 1 aromatic heterocycles. The van der Waals surface area contributed by atoms with E-state index in [1.807, 2.05) is 6.07 Å². The molecule has 0 amide bonds. The van der Waals surface area contributed by atoms with Crippen LogP contribution in [-0.4, -0.2) is 49.4 Å². The number of piperazine rings is 1. The van der Waals surface area contributed by atoms with Crippen LogP contribution in [0.2, 0.25) is 5.02 Å². The number of benzene rings is 2. The Morgan fingerprint density at radius 2 is 1.82 bits per heavy atom. The van der Waals surface area contributed by atoms with Crippen molar-refractivity contribution >= 4 is 38.8 Å². The number of nitro groups is 1. The zero-order valence-corrected chi connectivity index (χ0v) is 20.1. The van der Waals surface area contributed by atoms with Crippen molar-refractivity contribution in [2.24, 2.45) is 0 Å². The maximum Gasteiger partial charge on any atom is 0.273 e. The van der Waals surface area contributed by atoms with Crippen LogP contribution >= 0.6 is 11.6 Å². The van der Waals surface area contributed by atoms with Gasteiger partial charge < -0.3 is 4.90 Å². The first kappa shape index (κ1) is 23.9. The second-order valence-corrected chi connectivity index (χ2v) is 10.2. The molecule has 178 valence electrons. The predicted octanol–water partition coefficient (Wildman–Crippen LogP) is 4.07. The normalized spacial score (nSPS) is 14.7. The average molecular weight is 502 g/mol. The molecule has 3 aromatic rings. The topological polar surface area (TPSA) is 109 Å². The molecule has 9 nitrogen and oxygen atoms in total. The van der Waals surface area contributed by atoms with E-state index in [2.05, 4.69) is 19.5 Å². The van der Waals surface area contributed by atoms with Crippen LogP contribution < -0.4 is 9.62 Å². The Morgan fingerprint density at radius 1 is 1.09 bits per heavy atom. The van der Waals surface area contributed by atoms with Crippen molar-refractivity contribution in [1.29, 1.82) is 0 Å². The summed E-state index contributed by atoms with van der Waals surface area (Å²) in [6, 6.07) is 14.8. The molecule has 1 N–H and O–H groups in total. The van der Waals surface area contributed by atoms with Gasteiger partial charge in [0.2, 0.25) is 0 Å². The van der Waals surface area contributed by atoms with Gasteiger partial charge in [-0.3, -0.25) is 19.7 Å². The number of rotatable bonds is 7. The van der Waals surface area contributed by atoms with Crippen molar-refractivity contribution in [2.75, 3.05) is 35.8 Å². The minimum Gasteiger partial charge on any atom is -0.354 e. The Bertz CT molecular complexity index is 1290. The molecule has 0 aliphatic carbocycles. The Morgan fingerprint density at radius 3 is 2.47 bits per heavy atom. The molecule has 0 spiro atoms. The number of aromatic nitrogens is 1. The fourth-order valence-corrected chi connectivity index (χ4v) is 5.10. The summed E-state index contributed by atoms with van der Waals surface area (Å²) >= 11 is 6.06. The molecule has 1 aliphatic heterocycles. The first-order valence-electron chi connectivity index (χ1n) is 10.7. The van der Waals surface area contributed by atoms with Gasteiger partial charge in [-0.05, 0) is 36.8 Å². The molecule has 1 saturated heterocycles. The number of nitrogens with zero attached hydrogens (tertiary/aromatic N) is 4. The zero-order valence-electron chi connectivity index (χ0n) is 18.5. The molecule has 4 rings (SSSR count). The Kier molecular flexibility index (Phi) is 7.01. The molecule has 34 heavy (non-hydrogen) atoms. The fourth-order valence-electron chi connectivity index (χ4n) is 3.79. The van der Waals surface area contributed by atoms with Crippen molar-refractivity contribution in [3.05, 3.63) is 87.1 Å². The van der Waals surface area contributed by atoms with Crippen LogP contribution in [-0.2, 0) is 16.6 Å². The van der Waals surface area contributed by atoms with Crippen LogP contribution in [0.3, 0.4) is 0 Å². The van der Waals surface area contributed by atoms with Gasteiger partial charge in [-0.25, -0.2) is 13.4 Å². The van der Waals surface area contributed by atoms with Gasteiger partial charge in [0.05, 0.1) is 21.7 Å². The van der Waals surface area contributed by atoms with E-state index in [1.54, 1.807) is 37.3 Å². The second kappa shape index (κ2) is 9.96.